The number of carbonyl (C=O) groups excluding carboxylic acids is 1. The molecule has 0 radical (unpaired) electrons. The van der Waals surface area contributed by atoms with E-state index in [-0.39, 0.29) is 5.91 Å². The molecule has 1 aliphatic heterocycles. The Balaban J connectivity index is 1.72. The van der Waals surface area contributed by atoms with Gasteiger partial charge in [-0.25, -0.2) is 0 Å². The van der Waals surface area contributed by atoms with Crippen LogP contribution in [0.25, 0.3) is 11.1 Å². The maximum absolute atomic E-state index is 12.6. The summed E-state index contributed by atoms with van der Waals surface area (Å²) in [5, 5.41) is 2.93. The van der Waals surface area contributed by atoms with Gasteiger partial charge in [0.1, 0.15) is 5.75 Å². The minimum absolute atomic E-state index is 0.170. The first kappa shape index (κ1) is 17.5. The van der Waals surface area contributed by atoms with E-state index in [4.69, 9.17) is 14.2 Å². The van der Waals surface area contributed by atoms with Crippen molar-refractivity contribution in [1.29, 1.82) is 0 Å². The lowest BCUT2D eigenvalue weighted by atomic mass is 10.0. The van der Waals surface area contributed by atoms with Crippen LogP contribution in [0.4, 0.5) is 0 Å². The van der Waals surface area contributed by atoms with Crippen molar-refractivity contribution in [2.24, 2.45) is 0 Å². The number of amides is 1. The molecule has 1 heterocycles. The molecular weight excluding hydrogens is 318 g/mol. The minimum atomic E-state index is -0.608. The Morgan fingerprint density at radius 3 is 2.52 bits per heavy atom. The van der Waals surface area contributed by atoms with Crippen LogP contribution in [0.15, 0.2) is 48.5 Å². The molecule has 2 aromatic rings. The lowest BCUT2D eigenvalue weighted by Crippen LogP contribution is -2.33. The van der Waals surface area contributed by atoms with Gasteiger partial charge in [-0.2, -0.15) is 0 Å². The Labute approximate surface area is 147 Å². The van der Waals surface area contributed by atoms with Crippen molar-refractivity contribution in [2.75, 3.05) is 26.9 Å². The topological polar surface area (TPSA) is 56.8 Å². The summed E-state index contributed by atoms with van der Waals surface area (Å²) in [7, 11) is 1.57. The second kappa shape index (κ2) is 7.68. The molecule has 1 aliphatic rings. The van der Waals surface area contributed by atoms with Gasteiger partial charge in [-0.1, -0.05) is 36.4 Å². The van der Waals surface area contributed by atoms with Crippen molar-refractivity contribution >= 4 is 5.91 Å². The number of ether oxygens (including phenoxy) is 3. The number of hydrogen-bond donors (Lipinski definition) is 1. The first-order valence-electron chi connectivity index (χ1n) is 8.41. The van der Waals surface area contributed by atoms with E-state index >= 15 is 0 Å². The molecule has 1 amide bonds. The van der Waals surface area contributed by atoms with Gasteiger partial charge in [-0.05, 0) is 30.2 Å². The number of methoxy groups -OCH3 is 1. The zero-order chi connectivity index (χ0) is 17.7. The highest BCUT2D eigenvalue weighted by atomic mass is 16.7. The van der Waals surface area contributed by atoms with Crippen molar-refractivity contribution in [1.82, 2.24) is 5.32 Å². The third kappa shape index (κ3) is 4.18. The second-order valence-corrected chi connectivity index (χ2v) is 6.12. The molecular formula is C20H23NO4. The van der Waals surface area contributed by atoms with Crippen molar-refractivity contribution < 1.29 is 19.0 Å². The molecule has 5 heteroatoms. The summed E-state index contributed by atoms with van der Waals surface area (Å²) in [4.78, 5) is 12.6. The van der Waals surface area contributed by atoms with Crippen LogP contribution in [-0.2, 0) is 9.47 Å². The SMILES string of the molecule is COc1ccc(-c2ccccc2)cc1C(=O)NCCC1(C)OCCO1. The summed E-state index contributed by atoms with van der Waals surface area (Å²) in [5.41, 5.74) is 2.54. The largest absolute Gasteiger partial charge is 0.496 e. The van der Waals surface area contributed by atoms with Gasteiger partial charge in [-0.3, -0.25) is 4.79 Å². The first-order valence-corrected chi connectivity index (χ1v) is 8.41. The molecule has 3 rings (SSSR count). The van der Waals surface area contributed by atoms with Gasteiger partial charge in [-0.15, -0.1) is 0 Å². The molecule has 25 heavy (non-hydrogen) atoms. The van der Waals surface area contributed by atoms with E-state index in [2.05, 4.69) is 5.32 Å². The fourth-order valence-electron chi connectivity index (χ4n) is 2.90. The average molecular weight is 341 g/mol. The maximum Gasteiger partial charge on any atom is 0.255 e. The van der Waals surface area contributed by atoms with Crippen LogP contribution < -0.4 is 10.1 Å². The Hall–Kier alpha value is -2.37. The van der Waals surface area contributed by atoms with Crippen LogP contribution in [0.2, 0.25) is 0 Å². The summed E-state index contributed by atoms with van der Waals surface area (Å²) in [5.74, 6) is -0.225. The Morgan fingerprint density at radius 1 is 1.12 bits per heavy atom. The number of benzene rings is 2. The highest BCUT2D eigenvalue weighted by Gasteiger charge is 2.30. The molecule has 0 spiro atoms. The molecule has 0 bridgehead atoms. The molecule has 5 nitrogen and oxygen atoms in total. The molecule has 1 fully saturated rings. The molecule has 0 aliphatic carbocycles. The van der Waals surface area contributed by atoms with Crippen LogP contribution >= 0.6 is 0 Å². The van der Waals surface area contributed by atoms with E-state index < -0.39 is 5.79 Å². The lowest BCUT2D eigenvalue weighted by molar-refractivity contribution is -0.145. The van der Waals surface area contributed by atoms with E-state index in [0.29, 0.717) is 37.5 Å². The van der Waals surface area contributed by atoms with Crippen molar-refractivity contribution in [3.05, 3.63) is 54.1 Å². The van der Waals surface area contributed by atoms with Crippen LogP contribution in [0.5, 0.6) is 5.75 Å². The van der Waals surface area contributed by atoms with Crippen LogP contribution in [0.3, 0.4) is 0 Å². The molecule has 0 aromatic heterocycles. The van der Waals surface area contributed by atoms with E-state index in [1.165, 1.54) is 0 Å². The van der Waals surface area contributed by atoms with Crippen molar-refractivity contribution in [3.63, 3.8) is 0 Å². The summed E-state index contributed by atoms with van der Waals surface area (Å²) < 4.78 is 16.4. The highest BCUT2D eigenvalue weighted by Crippen LogP contribution is 2.27. The smallest absolute Gasteiger partial charge is 0.255 e. The lowest BCUT2D eigenvalue weighted by Gasteiger charge is -2.22. The molecule has 0 saturated carbocycles. The van der Waals surface area contributed by atoms with E-state index in [1.54, 1.807) is 7.11 Å². The average Bonchev–Trinajstić information content (AvgIpc) is 3.08. The Bertz CT molecular complexity index is 724. The van der Waals surface area contributed by atoms with Gasteiger partial charge in [0.2, 0.25) is 0 Å². The quantitative estimate of drug-likeness (QED) is 0.876. The highest BCUT2D eigenvalue weighted by molar-refractivity contribution is 5.98. The predicted molar refractivity (Wildman–Crippen MR) is 95.7 cm³/mol. The van der Waals surface area contributed by atoms with Crippen LogP contribution in [-0.4, -0.2) is 38.6 Å². The standard InChI is InChI=1S/C20H23NO4/c1-20(24-12-13-25-20)10-11-21-19(22)17-14-16(8-9-18(17)23-2)15-6-4-3-5-7-15/h3-9,14H,10-13H2,1-2H3,(H,21,22). The zero-order valence-corrected chi connectivity index (χ0v) is 14.6. The van der Waals surface area contributed by atoms with Gasteiger partial charge in [0, 0.05) is 13.0 Å². The monoisotopic (exact) mass is 341 g/mol. The van der Waals surface area contributed by atoms with Gasteiger partial charge < -0.3 is 19.5 Å². The summed E-state index contributed by atoms with van der Waals surface area (Å²) in [6.45, 7) is 3.55. The fraction of sp³-hybridized carbons (Fsp3) is 0.350. The molecule has 2 aromatic carbocycles. The van der Waals surface area contributed by atoms with Crippen LogP contribution in [0, 0.1) is 0 Å². The van der Waals surface area contributed by atoms with Gasteiger partial charge in [0.05, 0.1) is 25.9 Å². The molecule has 0 unspecified atom stereocenters. The third-order valence-electron chi connectivity index (χ3n) is 4.31. The number of nitrogens with one attached hydrogen (secondary N) is 1. The van der Waals surface area contributed by atoms with E-state index in [1.807, 2.05) is 55.5 Å². The summed E-state index contributed by atoms with van der Waals surface area (Å²) in [6, 6.07) is 15.6. The van der Waals surface area contributed by atoms with Crippen molar-refractivity contribution in [2.45, 2.75) is 19.1 Å². The molecule has 132 valence electrons. The molecule has 1 saturated heterocycles. The predicted octanol–water partition coefficient (Wildman–Crippen LogP) is 3.25. The van der Waals surface area contributed by atoms with Crippen molar-refractivity contribution in [3.8, 4) is 16.9 Å². The first-order chi connectivity index (χ1) is 12.1. The van der Waals surface area contributed by atoms with Gasteiger partial charge >= 0.3 is 0 Å². The van der Waals surface area contributed by atoms with E-state index in [9.17, 15) is 4.79 Å². The third-order valence-corrected chi connectivity index (χ3v) is 4.31. The number of rotatable bonds is 6. The zero-order valence-electron chi connectivity index (χ0n) is 14.6. The van der Waals surface area contributed by atoms with Crippen LogP contribution in [0.1, 0.15) is 23.7 Å². The summed E-state index contributed by atoms with van der Waals surface area (Å²) in [6.07, 6.45) is 0.597. The Morgan fingerprint density at radius 2 is 1.84 bits per heavy atom. The maximum atomic E-state index is 12.6. The number of hydrogen-bond acceptors (Lipinski definition) is 4. The molecule has 1 N–H and O–H groups in total. The van der Waals surface area contributed by atoms with E-state index in [0.717, 1.165) is 11.1 Å². The summed E-state index contributed by atoms with van der Waals surface area (Å²) >= 11 is 0. The van der Waals surface area contributed by atoms with Gasteiger partial charge in [0.25, 0.3) is 5.91 Å². The second-order valence-electron chi connectivity index (χ2n) is 6.12. The normalized spacial score (nSPS) is 15.8. The van der Waals surface area contributed by atoms with Gasteiger partial charge in [0.15, 0.2) is 5.79 Å². The fourth-order valence-corrected chi connectivity index (χ4v) is 2.90. The molecule has 0 atom stereocenters. The minimum Gasteiger partial charge on any atom is -0.496 e. The number of carbonyl (C=O) groups is 1. The Kier molecular flexibility index (Phi) is 5.36.